The van der Waals surface area contributed by atoms with Crippen molar-refractivity contribution in [1.29, 1.82) is 0 Å². The van der Waals surface area contributed by atoms with Gasteiger partial charge in [-0.25, -0.2) is 4.79 Å². The summed E-state index contributed by atoms with van der Waals surface area (Å²) in [5, 5.41) is 8.83. The summed E-state index contributed by atoms with van der Waals surface area (Å²) in [5.41, 5.74) is -0.254. The van der Waals surface area contributed by atoms with Gasteiger partial charge in [-0.15, -0.1) is 0 Å². The molecule has 0 amide bonds. The van der Waals surface area contributed by atoms with Crippen LogP contribution in [0.5, 0.6) is 0 Å². The number of aliphatic carboxylic acids is 1. The van der Waals surface area contributed by atoms with E-state index in [1.54, 1.807) is 6.08 Å². The SMILES string of the molecule is COC(=O)C=C[C@@H]1[C@@H](C(=O)O)C1(C)C. The van der Waals surface area contributed by atoms with E-state index >= 15 is 0 Å². The molecule has 0 unspecified atom stereocenters. The van der Waals surface area contributed by atoms with E-state index in [9.17, 15) is 9.59 Å². The van der Waals surface area contributed by atoms with Crippen LogP contribution in [0.4, 0.5) is 0 Å². The van der Waals surface area contributed by atoms with Crippen LogP contribution in [0, 0.1) is 17.3 Å². The highest BCUT2D eigenvalue weighted by Gasteiger charge is 2.60. The van der Waals surface area contributed by atoms with Gasteiger partial charge in [0, 0.05) is 6.08 Å². The van der Waals surface area contributed by atoms with Crippen LogP contribution in [0.3, 0.4) is 0 Å². The van der Waals surface area contributed by atoms with Gasteiger partial charge in [-0.3, -0.25) is 4.79 Å². The zero-order valence-corrected chi connectivity index (χ0v) is 8.48. The van der Waals surface area contributed by atoms with Crippen molar-refractivity contribution in [2.45, 2.75) is 13.8 Å². The summed E-state index contributed by atoms with van der Waals surface area (Å²) in [5.74, 6) is -1.71. The molecule has 1 aliphatic carbocycles. The van der Waals surface area contributed by atoms with Crippen LogP contribution in [0.25, 0.3) is 0 Å². The molecule has 0 aliphatic heterocycles. The lowest BCUT2D eigenvalue weighted by molar-refractivity contribution is -0.139. The number of esters is 1. The van der Waals surface area contributed by atoms with Gasteiger partial charge in [-0.2, -0.15) is 0 Å². The average molecular weight is 198 g/mol. The number of hydrogen-bond acceptors (Lipinski definition) is 3. The molecule has 0 saturated heterocycles. The summed E-state index contributed by atoms with van der Waals surface area (Å²) in [7, 11) is 1.29. The van der Waals surface area contributed by atoms with Crippen molar-refractivity contribution in [3.05, 3.63) is 12.2 Å². The molecule has 2 atom stereocenters. The van der Waals surface area contributed by atoms with Crippen LogP contribution in [-0.2, 0) is 14.3 Å². The lowest BCUT2D eigenvalue weighted by Crippen LogP contribution is -2.03. The Labute approximate surface area is 82.6 Å². The average Bonchev–Trinajstić information content (AvgIpc) is 2.64. The lowest BCUT2D eigenvalue weighted by Gasteiger charge is -1.96. The van der Waals surface area contributed by atoms with Crippen molar-refractivity contribution in [2.24, 2.45) is 17.3 Å². The van der Waals surface area contributed by atoms with Gasteiger partial charge in [0.2, 0.25) is 0 Å². The first-order chi connectivity index (χ1) is 6.41. The highest BCUT2D eigenvalue weighted by Crippen LogP contribution is 2.58. The van der Waals surface area contributed by atoms with Gasteiger partial charge in [-0.1, -0.05) is 19.9 Å². The Kier molecular flexibility index (Phi) is 2.64. The first-order valence-corrected chi connectivity index (χ1v) is 4.40. The fraction of sp³-hybridized carbons (Fsp3) is 0.600. The third kappa shape index (κ3) is 1.78. The van der Waals surface area contributed by atoms with Gasteiger partial charge in [0.1, 0.15) is 0 Å². The van der Waals surface area contributed by atoms with Crippen LogP contribution >= 0.6 is 0 Å². The summed E-state index contributed by atoms with van der Waals surface area (Å²) >= 11 is 0. The van der Waals surface area contributed by atoms with Crippen LogP contribution in [0.15, 0.2) is 12.2 Å². The molecule has 0 bridgehead atoms. The second-order valence-electron chi connectivity index (χ2n) is 4.05. The quantitative estimate of drug-likeness (QED) is 0.544. The van der Waals surface area contributed by atoms with Crippen molar-refractivity contribution in [3.8, 4) is 0 Å². The minimum atomic E-state index is -0.811. The van der Waals surface area contributed by atoms with E-state index in [0.29, 0.717) is 0 Å². The van der Waals surface area contributed by atoms with Crippen molar-refractivity contribution >= 4 is 11.9 Å². The molecule has 78 valence electrons. The van der Waals surface area contributed by atoms with E-state index in [-0.39, 0.29) is 17.3 Å². The first kappa shape index (κ1) is 10.8. The molecular weight excluding hydrogens is 184 g/mol. The van der Waals surface area contributed by atoms with E-state index in [0.717, 1.165) is 0 Å². The highest BCUT2D eigenvalue weighted by molar-refractivity contribution is 5.82. The monoisotopic (exact) mass is 198 g/mol. The molecule has 0 radical (unpaired) electrons. The number of carboxylic acid groups (broad SMARTS) is 1. The molecular formula is C10H14O4. The first-order valence-electron chi connectivity index (χ1n) is 4.40. The Bertz CT molecular complexity index is 290. The van der Waals surface area contributed by atoms with Crippen molar-refractivity contribution in [3.63, 3.8) is 0 Å². The highest BCUT2D eigenvalue weighted by atomic mass is 16.5. The number of ether oxygens (including phenoxy) is 1. The Morgan fingerprint density at radius 1 is 1.43 bits per heavy atom. The van der Waals surface area contributed by atoms with Gasteiger partial charge in [0.05, 0.1) is 13.0 Å². The van der Waals surface area contributed by atoms with Crippen LogP contribution < -0.4 is 0 Å². The molecule has 1 N–H and O–H groups in total. The number of rotatable bonds is 3. The largest absolute Gasteiger partial charge is 0.481 e. The van der Waals surface area contributed by atoms with Gasteiger partial charge in [0.15, 0.2) is 0 Å². The molecule has 14 heavy (non-hydrogen) atoms. The Hall–Kier alpha value is -1.32. The fourth-order valence-electron chi connectivity index (χ4n) is 1.76. The Morgan fingerprint density at radius 2 is 2.00 bits per heavy atom. The van der Waals surface area contributed by atoms with Crippen LogP contribution in [0.2, 0.25) is 0 Å². The second-order valence-corrected chi connectivity index (χ2v) is 4.05. The molecule has 1 fully saturated rings. The number of carbonyl (C=O) groups is 2. The van der Waals surface area contributed by atoms with Gasteiger partial charge in [0.25, 0.3) is 0 Å². The summed E-state index contributed by atoms with van der Waals surface area (Å²) in [6.07, 6.45) is 2.90. The van der Waals surface area contributed by atoms with Crippen LogP contribution in [-0.4, -0.2) is 24.2 Å². The molecule has 1 aliphatic rings. The number of carbonyl (C=O) groups excluding carboxylic acids is 1. The number of carboxylic acids is 1. The smallest absolute Gasteiger partial charge is 0.330 e. The van der Waals surface area contributed by atoms with E-state index in [1.165, 1.54) is 13.2 Å². The fourth-order valence-corrected chi connectivity index (χ4v) is 1.76. The summed E-state index contributed by atoms with van der Waals surface area (Å²) < 4.78 is 4.42. The molecule has 0 aromatic carbocycles. The molecule has 1 rings (SSSR count). The Morgan fingerprint density at radius 3 is 2.36 bits per heavy atom. The van der Waals surface area contributed by atoms with E-state index in [4.69, 9.17) is 5.11 Å². The molecule has 4 heteroatoms. The number of allylic oxidation sites excluding steroid dienone is 1. The van der Waals surface area contributed by atoms with E-state index in [1.807, 2.05) is 13.8 Å². The van der Waals surface area contributed by atoms with Gasteiger partial charge < -0.3 is 9.84 Å². The third-order valence-corrected chi connectivity index (χ3v) is 2.82. The topological polar surface area (TPSA) is 63.6 Å². The van der Waals surface area contributed by atoms with Gasteiger partial charge in [-0.05, 0) is 11.3 Å². The van der Waals surface area contributed by atoms with Gasteiger partial charge >= 0.3 is 11.9 Å². The minimum Gasteiger partial charge on any atom is -0.481 e. The normalized spacial score (nSPS) is 28.8. The van der Waals surface area contributed by atoms with E-state index < -0.39 is 11.9 Å². The third-order valence-electron chi connectivity index (χ3n) is 2.82. The summed E-state index contributed by atoms with van der Waals surface area (Å²) in [6, 6.07) is 0. The molecule has 0 aromatic heterocycles. The Balaban J connectivity index is 2.61. The lowest BCUT2D eigenvalue weighted by atomic mass is 10.1. The number of methoxy groups -OCH3 is 1. The zero-order chi connectivity index (χ0) is 10.9. The summed E-state index contributed by atoms with van der Waals surface area (Å²) in [4.78, 5) is 21.5. The maximum Gasteiger partial charge on any atom is 0.330 e. The molecule has 4 nitrogen and oxygen atoms in total. The standard InChI is InChI=1S/C10H14O4/c1-10(2)6(8(10)9(12)13)4-5-7(11)14-3/h4-6,8H,1-3H3,(H,12,13)/t6-,8+/m1/s1. The summed E-state index contributed by atoms with van der Waals surface area (Å²) in [6.45, 7) is 3.75. The van der Waals surface area contributed by atoms with E-state index in [2.05, 4.69) is 4.74 Å². The molecule has 0 spiro atoms. The maximum absolute atomic E-state index is 10.8. The van der Waals surface area contributed by atoms with Crippen molar-refractivity contribution < 1.29 is 19.4 Å². The molecule has 0 heterocycles. The van der Waals surface area contributed by atoms with Crippen molar-refractivity contribution in [1.82, 2.24) is 0 Å². The second kappa shape index (κ2) is 3.44. The number of hydrogen-bond donors (Lipinski definition) is 1. The maximum atomic E-state index is 10.8. The predicted molar refractivity (Wildman–Crippen MR) is 49.6 cm³/mol. The predicted octanol–water partition coefficient (Wildman–Crippen LogP) is 1.07. The minimum absolute atomic E-state index is 0.0703. The molecule has 1 saturated carbocycles. The van der Waals surface area contributed by atoms with Crippen molar-refractivity contribution in [2.75, 3.05) is 7.11 Å². The molecule has 0 aromatic rings. The van der Waals surface area contributed by atoms with Crippen LogP contribution in [0.1, 0.15) is 13.8 Å². The zero-order valence-electron chi connectivity index (χ0n) is 8.48.